The highest BCUT2D eigenvalue weighted by molar-refractivity contribution is 6.30. The second-order valence-electron chi connectivity index (χ2n) is 6.54. The van der Waals surface area contributed by atoms with Gasteiger partial charge < -0.3 is 19.5 Å². The molecule has 2 heterocycles. The van der Waals surface area contributed by atoms with E-state index in [0.29, 0.717) is 28.8 Å². The molecule has 0 aliphatic heterocycles. The van der Waals surface area contributed by atoms with E-state index in [4.69, 9.17) is 25.8 Å². The zero-order chi connectivity index (χ0) is 21.1. The molecule has 4 rings (SSSR count). The van der Waals surface area contributed by atoms with Crippen LogP contribution in [0.4, 0.5) is 5.82 Å². The van der Waals surface area contributed by atoms with Crippen molar-refractivity contribution in [3.05, 3.63) is 65.3 Å². The van der Waals surface area contributed by atoms with Gasteiger partial charge in [-0.05, 0) is 35.9 Å². The number of hydrogen-bond acceptors (Lipinski definition) is 6. The van der Waals surface area contributed by atoms with Gasteiger partial charge in [-0.1, -0.05) is 23.7 Å². The number of hydrogen-bond donors (Lipinski definition) is 1. The lowest BCUT2D eigenvalue weighted by Crippen LogP contribution is -2.02. The molecule has 0 aliphatic carbocycles. The van der Waals surface area contributed by atoms with Gasteiger partial charge in [0.05, 0.1) is 27.0 Å². The minimum absolute atomic E-state index is 0.540. The molecule has 0 unspecified atom stereocenters. The Kier molecular flexibility index (Phi) is 5.63. The maximum Gasteiger partial charge on any atom is 0.203 e. The van der Waals surface area contributed by atoms with Crippen molar-refractivity contribution in [1.29, 1.82) is 0 Å². The number of nitrogens with one attached hydrogen (secondary N) is 1. The van der Waals surface area contributed by atoms with Crippen molar-refractivity contribution < 1.29 is 14.2 Å². The van der Waals surface area contributed by atoms with Crippen LogP contribution >= 0.6 is 11.6 Å². The van der Waals surface area contributed by atoms with E-state index in [1.807, 2.05) is 54.7 Å². The summed E-state index contributed by atoms with van der Waals surface area (Å²) in [5.41, 5.74) is 3.38. The van der Waals surface area contributed by atoms with Crippen molar-refractivity contribution in [3.8, 4) is 28.5 Å². The first-order valence-corrected chi connectivity index (χ1v) is 9.64. The fourth-order valence-corrected chi connectivity index (χ4v) is 3.40. The lowest BCUT2D eigenvalue weighted by atomic mass is 10.1. The Hall–Kier alpha value is -3.45. The molecule has 7 nitrogen and oxygen atoms in total. The summed E-state index contributed by atoms with van der Waals surface area (Å²) in [6.45, 7) is 0.623. The summed E-state index contributed by atoms with van der Waals surface area (Å²) in [6.07, 6.45) is 1.87. The molecule has 0 saturated heterocycles. The number of halogens is 1. The number of aromatic nitrogens is 3. The lowest BCUT2D eigenvalue weighted by molar-refractivity contribution is 0.324. The molecule has 0 aliphatic rings. The Bertz CT molecular complexity index is 1170. The van der Waals surface area contributed by atoms with Crippen LogP contribution < -0.4 is 19.5 Å². The van der Waals surface area contributed by atoms with Crippen LogP contribution in [0.15, 0.2) is 54.7 Å². The minimum Gasteiger partial charge on any atom is -0.493 e. The fourth-order valence-electron chi connectivity index (χ4n) is 3.19. The summed E-state index contributed by atoms with van der Waals surface area (Å²) < 4.78 is 18.0. The monoisotopic (exact) mass is 424 g/mol. The summed E-state index contributed by atoms with van der Waals surface area (Å²) in [5.74, 6) is 2.43. The van der Waals surface area contributed by atoms with Crippen molar-refractivity contribution in [2.75, 3.05) is 26.6 Å². The number of nitrogens with zero attached hydrogens (tertiary/aromatic N) is 3. The normalized spacial score (nSPS) is 10.8. The minimum atomic E-state index is 0.540. The van der Waals surface area contributed by atoms with Crippen LogP contribution in [0.2, 0.25) is 5.02 Å². The summed E-state index contributed by atoms with van der Waals surface area (Å²) in [7, 11) is 4.75. The van der Waals surface area contributed by atoms with Gasteiger partial charge in [0.25, 0.3) is 0 Å². The van der Waals surface area contributed by atoms with Crippen LogP contribution in [-0.4, -0.2) is 35.9 Å². The molecule has 0 saturated carbocycles. The van der Waals surface area contributed by atoms with Gasteiger partial charge in [0.1, 0.15) is 5.82 Å². The van der Waals surface area contributed by atoms with Crippen molar-refractivity contribution in [2.24, 2.45) is 0 Å². The maximum absolute atomic E-state index is 6.05. The molecule has 0 radical (unpaired) electrons. The Morgan fingerprint density at radius 3 is 2.40 bits per heavy atom. The third-order valence-corrected chi connectivity index (χ3v) is 4.88. The predicted molar refractivity (Wildman–Crippen MR) is 117 cm³/mol. The van der Waals surface area contributed by atoms with Gasteiger partial charge in [0, 0.05) is 29.4 Å². The number of benzene rings is 2. The third-order valence-electron chi connectivity index (χ3n) is 4.65. The molecule has 2 aromatic carbocycles. The Morgan fingerprint density at radius 2 is 1.73 bits per heavy atom. The molecule has 1 N–H and O–H groups in total. The predicted octanol–water partition coefficient (Wildman–Crippen LogP) is 4.69. The second kappa shape index (κ2) is 8.51. The molecule has 8 heteroatoms. The highest BCUT2D eigenvalue weighted by atomic mass is 35.5. The van der Waals surface area contributed by atoms with Crippen molar-refractivity contribution >= 4 is 23.1 Å². The van der Waals surface area contributed by atoms with E-state index in [2.05, 4.69) is 15.4 Å². The van der Waals surface area contributed by atoms with Crippen LogP contribution in [0.1, 0.15) is 5.56 Å². The van der Waals surface area contributed by atoms with Crippen LogP contribution in [0.5, 0.6) is 17.2 Å². The largest absolute Gasteiger partial charge is 0.493 e. The second-order valence-corrected chi connectivity index (χ2v) is 6.98. The molecule has 2 aromatic heterocycles. The molecule has 0 amide bonds. The number of rotatable bonds is 7. The quantitative estimate of drug-likeness (QED) is 0.464. The lowest BCUT2D eigenvalue weighted by Gasteiger charge is -2.13. The fraction of sp³-hybridized carbons (Fsp3) is 0.182. The van der Waals surface area contributed by atoms with E-state index in [0.717, 1.165) is 28.3 Å². The zero-order valence-corrected chi connectivity index (χ0v) is 17.6. The summed E-state index contributed by atoms with van der Waals surface area (Å²) >= 11 is 6.05. The first-order chi connectivity index (χ1) is 14.6. The van der Waals surface area contributed by atoms with Gasteiger partial charge in [0.2, 0.25) is 5.75 Å². The van der Waals surface area contributed by atoms with E-state index in [1.165, 1.54) is 0 Å². The zero-order valence-electron chi connectivity index (χ0n) is 16.8. The first-order valence-electron chi connectivity index (χ1n) is 9.26. The Labute approximate surface area is 179 Å². The van der Waals surface area contributed by atoms with E-state index in [9.17, 15) is 0 Å². The number of fused-ring (bicyclic) bond motifs is 1. The highest BCUT2D eigenvalue weighted by Crippen LogP contribution is 2.41. The molecule has 0 fully saturated rings. The van der Waals surface area contributed by atoms with E-state index in [-0.39, 0.29) is 0 Å². The molecular formula is C22H21ClN4O3. The molecular weight excluding hydrogens is 404 g/mol. The van der Waals surface area contributed by atoms with Gasteiger partial charge in [-0.2, -0.15) is 5.10 Å². The highest BCUT2D eigenvalue weighted by Gasteiger charge is 2.16. The first kappa shape index (κ1) is 19.8. The topological polar surface area (TPSA) is 69.9 Å². The molecule has 0 atom stereocenters. The molecule has 0 spiro atoms. The molecule has 154 valence electrons. The van der Waals surface area contributed by atoms with Gasteiger partial charge >= 0.3 is 0 Å². The number of ether oxygens (including phenoxy) is 3. The van der Waals surface area contributed by atoms with E-state index in [1.54, 1.807) is 25.8 Å². The van der Waals surface area contributed by atoms with Crippen molar-refractivity contribution in [1.82, 2.24) is 14.6 Å². The smallest absolute Gasteiger partial charge is 0.203 e. The van der Waals surface area contributed by atoms with Crippen molar-refractivity contribution in [3.63, 3.8) is 0 Å². The Balaban J connectivity index is 1.62. The molecule has 4 aromatic rings. The van der Waals surface area contributed by atoms with Crippen molar-refractivity contribution in [2.45, 2.75) is 6.54 Å². The molecule has 0 bridgehead atoms. The van der Waals surface area contributed by atoms with Gasteiger partial charge in [-0.15, -0.1) is 0 Å². The van der Waals surface area contributed by atoms with E-state index < -0.39 is 0 Å². The SMILES string of the molecule is COc1cc(-c2cc3nc(NCc4cccc(Cl)c4)ccn3n2)cc(OC)c1OC. The van der Waals surface area contributed by atoms with Crippen LogP contribution in [0.25, 0.3) is 16.9 Å². The average molecular weight is 425 g/mol. The summed E-state index contributed by atoms with van der Waals surface area (Å²) in [4.78, 5) is 4.65. The third kappa shape index (κ3) is 3.97. The van der Waals surface area contributed by atoms with Gasteiger partial charge in [0.15, 0.2) is 17.1 Å². The van der Waals surface area contributed by atoms with Crippen LogP contribution in [0, 0.1) is 0 Å². The molecule has 30 heavy (non-hydrogen) atoms. The van der Waals surface area contributed by atoms with Crippen LogP contribution in [-0.2, 0) is 6.54 Å². The van der Waals surface area contributed by atoms with E-state index >= 15 is 0 Å². The Morgan fingerprint density at radius 1 is 0.967 bits per heavy atom. The summed E-state index contributed by atoms with van der Waals surface area (Å²) in [5, 5.41) is 8.64. The number of methoxy groups -OCH3 is 3. The number of anilines is 1. The van der Waals surface area contributed by atoms with Gasteiger partial charge in [-0.3, -0.25) is 0 Å². The standard InChI is InChI=1S/C22H21ClN4O3/c1-28-18-10-15(11-19(29-2)22(18)30-3)17-12-21-25-20(7-8-27(21)26-17)24-13-14-5-4-6-16(23)9-14/h4-12H,13H2,1-3H3,(H,24,25). The summed E-state index contributed by atoms with van der Waals surface area (Å²) in [6, 6.07) is 15.2. The van der Waals surface area contributed by atoms with Crippen LogP contribution in [0.3, 0.4) is 0 Å². The van der Waals surface area contributed by atoms with Gasteiger partial charge in [-0.25, -0.2) is 9.50 Å². The maximum atomic E-state index is 6.05. The average Bonchev–Trinajstić information content (AvgIpc) is 3.20.